The lowest BCUT2D eigenvalue weighted by Gasteiger charge is -2.50. The number of carbonyl (C=O) groups excluding carboxylic acids is 2. The van der Waals surface area contributed by atoms with Gasteiger partial charge in [0.05, 0.1) is 6.61 Å². The minimum atomic E-state index is -1.17. The summed E-state index contributed by atoms with van der Waals surface area (Å²) in [6.45, 7) is 4.33. The number of hydrogen-bond acceptors (Lipinski definition) is 8. The quantitative estimate of drug-likeness (QED) is 0.375. The maximum absolute atomic E-state index is 12.6. The van der Waals surface area contributed by atoms with Gasteiger partial charge in [0.15, 0.2) is 11.6 Å². The van der Waals surface area contributed by atoms with Crippen LogP contribution in [0.5, 0.6) is 5.75 Å². The first-order valence-corrected chi connectivity index (χ1v) is 12.2. The summed E-state index contributed by atoms with van der Waals surface area (Å²) in [6, 6.07) is 15.1. The predicted molar refractivity (Wildman–Crippen MR) is 135 cm³/mol. The number of nitrogens with one attached hydrogen (secondary N) is 1. The second kappa shape index (κ2) is 11.9. The Bertz CT molecular complexity index is 1160. The number of amides is 1. The van der Waals surface area contributed by atoms with Gasteiger partial charge in [-0.3, -0.25) is 9.59 Å². The molecular weight excluding hydrogens is 494 g/mol. The summed E-state index contributed by atoms with van der Waals surface area (Å²) in [5, 5.41) is 12.0. The molecule has 5 atom stereocenters. The fourth-order valence-corrected chi connectivity index (χ4v) is 4.34. The Morgan fingerprint density at radius 2 is 1.82 bits per heavy atom. The molecule has 202 valence electrons. The zero-order valence-corrected chi connectivity index (χ0v) is 21.4. The number of carboxylic acid groups (broad SMARTS) is 1. The molecule has 0 bridgehead atoms. The summed E-state index contributed by atoms with van der Waals surface area (Å²) in [5.74, 6) is -2.30. The summed E-state index contributed by atoms with van der Waals surface area (Å²) in [5.41, 5.74) is 1.38. The van der Waals surface area contributed by atoms with Gasteiger partial charge in [0.25, 0.3) is 0 Å². The monoisotopic (exact) mass is 525 g/mol. The number of ether oxygens (including phenoxy) is 5. The highest BCUT2D eigenvalue weighted by atomic mass is 16.8. The van der Waals surface area contributed by atoms with Crippen molar-refractivity contribution in [2.24, 2.45) is 0 Å². The number of benzene rings is 2. The van der Waals surface area contributed by atoms with Crippen molar-refractivity contribution in [1.82, 2.24) is 5.32 Å². The Kier molecular flexibility index (Phi) is 8.58. The normalized spacial score (nSPS) is 26.3. The van der Waals surface area contributed by atoms with Gasteiger partial charge in [-0.15, -0.1) is 0 Å². The highest BCUT2D eigenvalue weighted by Gasteiger charge is 2.53. The van der Waals surface area contributed by atoms with E-state index in [1.165, 1.54) is 13.0 Å². The van der Waals surface area contributed by atoms with Crippen LogP contribution in [0.4, 0.5) is 0 Å². The van der Waals surface area contributed by atoms with Crippen LogP contribution < -0.4 is 10.1 Å². The molecule has 2 fully saturated rings. The van der Waals surface area contributed by atoms with Crippen molar-refractivity contribution in [3.8, 4) is 5.75 Å². The third-order valence-corrected chi connectivity index (χ3v) is 6.05. The Morgan fingerprint density at radius 1 is 1.11 bits per heavy atom. The smallest absolute Gasteiger partial charge is 0.329 e. The average Bonchev–Trinajstić information content (AvgIpc) is 2.87. The fraction of sp³-hybridized carbons (Fsp3) is 0.393. The van der Waals surface area contributed by atoms with E-state index < -0.39 is 49.0 Å². The summed E-state index contributed by atoms with van der Waals surface area (Å²) >= 11 is 0. The van der Waals surface area contributed by atoms with Crippen LogP contribution in [0.3, 0.4) is 0 Å². The number of allylic oxidation sites excluding steroid dienone is 1. The van der Waals surface area contributed by atoms with Crippen molar-refractivity contribution in [2.75, 3.05) is 13.2 Å². The molecule has 4 rings (SSSR count). The number of aliphatic carboxylic acids is 1. The Labute approximate surface area is 220 Å². The van der Waals surface area contributed by atoms with Gasteiger partial charge in [-0.05, 0) is 49.8 Å². The number of ketones is 1. The Morgan fingerprint density at radius 3 is 2.47 bits per heavy atom. The third kappa shape index (κ3) is 7.05. The molecular formula is C28H31NO9. The fourth-order valence-electron chi connectivity index (χ4n) is 4.34. The van der Waals surface area contributed by atoms with Crippen molar-refractivity contribution < 1.29 is 43.2 Å². The Balaban J connectivity index is 1.51. The van der Waals surface area contributed by atoms with E-state index in [9.17, 15) is 19.5 Å². The highest BCUT2D eigenvalue weighted by molar-refractivity contribution is 6.06. The number of carboxylic acids is 1. The SMILES string of the molecule is CC(=O)NC1C(Oc2ccc(C(=O)/C=C/c3ccccc3)cc2)OC2COC(C)(C)OC2C1OCC(=O)O. The van der Waals surface area contributed by atoms with Gasteiger partial charge in [0.2, 0.25) is 12.2 Å². The molecule has 2 N–H and O–H groups in total. The molecule has 0 aliphatic carbocycles. The van der Waals surface area contributed by atoms with Crippen LogP contribution in [0.2, 0.25) is 0 Å². The van der Waals surface area contributed by atoms with Crippen molar-refractivity contribution in [1.29, 1.82) is 0 Å². The van der Waals surface area contributed by atoms with Gasteiger partial charge in [0.1, 0.15) is 36.7 Å². The van der Waals surface area contributed by atoms with Crippen LogP contribution in [-0.4, -0.2) is 72.4 Å². The number of hydrogen-bond donors (Lipinski definition) is 2. The third-order valence-electron chi connectivity index (χ3n) is 6.05. The first kappa shape index (κ1) is 27.5. The first-order chi connectivity index (χ1) is 18.1. The molecule has 0 aromatic heterocycles. The zero-order valence-electron chi connectivity index (χ0n) is 21.4. The zero-order chi connectivity index (χ0) is 27.3. The van der Waals surface area contributed by atoms with E-state index in [4.69, 9.17) is 23.7 Å². The van der Waals surface area contributed by atoms with E-state index >= 15 is 0 Å². The van der Waals surface area contributed by atoms with Crippen molar-refractivity contribution >= 4 is 23.7 Å². The van der Waals surface area contributed by atoms with Crippen molar-refractivity contribution in [3.63, 3.8) is 0 Å². The topological polar surface area (TPSA) is 130 Å². The minimum Gasteiger partial charge on any atom is -0.480 e. The minimum absolute atomic E-state index is 0.151. The van der Waals surface area contributed by atoms with E-state index in [0.717, 1.165) is 5.56 Å². The molecule has 2 aliphatic rings. The lowest BCUT2D eigenvalue weighted by Crippen LogP contribution is -2.69. The molecule has 38 heavy (non-hydrogen) atoms. The van der Waals surface area contributed by atoms with Crippen LogP contribution in [0.25, 0.3) is 6.08 Å². The molecule has 10 nitrogen and oxygen atoms in total. The number of fused-ring (bicyclic) bond motifs is 1. The molecule has 1 amide bonds. The molecule has 0 saturated carbocycles. The second-order valence-electron chi connectivity index (χ2n) is 9.48. The van der Waals surface area contributed by atoms with E-state index in [1.807, 2.05) is 30.3 Å². The van der Waals surface area contributed by atoms with E-state index in [0.29, 0.717) is 11.3 Å². The lowest BCUT2D eigenvalue weighted by molar-refractivity contribution is -0.364. The molecule has 2 heterocycles. The van der Waals surface area contributed by atoms with Crippen molar-refractivity contribution in [3.05, 3.63) is 71.8 Å². The Hall–Kier alpha value is -3.57. The van der Waals surface area contributed by atoms with E-state index in [1.54, 1.807) is 44.2 Å². The summed E-state index contributed by atoms with van der Waals surface area (Å²) in [7, 11) is 0. The van der Waals surface area contributed by atoms with Crippen LogP contribution in [-0.2, 0) is 28.5 Å². The van der Waals surface area contributed by atoms with Gasteiger partial charge in [-0.25, -0.2) is 4.79 Å². The standard InChI is InChI=1S/C28H31NO9/c1-17(30)29-24-26(34-16-23(32)33)25-22(15-35-28(2,3)38-25)37-27(24)36-20-12-10-19(11-13-20)21(31)14-9-18-7-5-4-6-8-18/h4-14,22,24-27H,15-16H2,1-3H3,(H,29,30)(H,32,33)/b14-9+. The van der Waals surface area contributed by atoms with Crippen LogP contribution in [0.15, 0.2) is 60.7 Å². The summed E-state index contributed by atoms with van der Waals surface area (Å²) in [4.78, 5) is 35.9. The van der Waals surface area contributed by atoms with E-state index in [-0.39, 0.29) is 18.3 Å². The van der Waals surface area contributed by atoms with Crippen LogP contribution in [0, 0.1) is 0 Å². The molecule has 0 spiro atoms. The van der Waals surface area contributed by atoms with Crippen molar-refractivity contribution in [2.45, 2.75) is 57.2 Å². The molecule has 10 heteroatoms. The van der Waals surface area contributed by atoms with Crippen LogP contribution in [0.1, 0.15) is 36.7 Å². The van der Waals surface area contributed by atoms with E-state index in [2.05, 4.69) is 5.32 Å². The highest BCUT2D eigenvalue weighted by Crippen LogP contribution is 2.34. The molecule has 2 aromatic carbocycles. The predicted octanol–water partition coefficient (Wildman–Crippen LogP) is 2.81. The van der Waals surface area contributed by atoms with Gasteiger partial charge in [0, 0.05) is 12.5 Å². The van der Waals surface area contributed by atoms with Gasteiger partial charge >= 0.3 is 5.97 Å². The van der Waals surface area contributed by atoms with Gasteiger partial charge < -0.3 is 34.1 Å². The van der Waals surface area contributed by atoms with Gasteiger partial charge in [-0.2, -0.15) is 0 Å². The second-order valence-corrected chi connectivity index (χ2v) is 9.48. The first-order valence-electron chi connectivity index (χ1n) is 12.2. The molecule has 5 unspecified atom stereocenters. The van der Waals surface area contributed by atoms with Crippen LogP contribution >= 0.6 is 0 Å². The summed E-state index contributed by atoms with van der Waals surface area (Å²) < 4.78 is 29.6. The maximum atomic E-state index is 12.6. The molecule has 0 radical (unpaired) electrons. The van der Waals surface area contributed by atoms with Gasteiger partial charge in [-0.1, -0.05) is 36.4 Å². The molecule has 2 saturated heterocycles. The maximum Gasteiger partial charge on any atom is 0.329 e. The largest absolute Gasteiger partial charge is 0.480 e. The number of rotatable bonds is 9. The number of carbonyl (C=O) groups is 3. The average molecular weight is 526 g/mol. The summed E-state index contributed by atoms with van der Waals surface area (Å²) in [6.07, 6.45) is -0.0638. The molecule has 2 aromatic rings. The molecule has 2 aliphatic heterocycles. The lowest BCUT2D eigenvalue weighted by atomic mass is 9.95.